The van der Waals surface area contributed by atoms with Gasteiger partial charge >= 0.3 is 0 Å². The summed E-state index contributed by atoms with van der Waals surface area (Å²) in [6.07, 6.45) is 0. The molecule has 0 saturated carbocycles. The van der Waals surface area contributed by atoms with Crippen LogP contribution in [0.25, 0.3) is 22.6 Å². The number of rotatable bonds is 3. The number of halogens is 1. The number of aryl methyl sites for hydroxylation is 2. The topological polar surface area (TPSA) is 55.1 Å². The molecule has 0 bridgehead atoms. The normalized spacial score (nSPS) is 10.9. The molecule has 0 aliphatic carbocycles. The van der Waals surface area contributed by atoms with Gasteiger partial charge in [-0.3, -0.25) is 4.79 Å². The number of hydrogen-bond donors (Lipinski definition) is 1. The number of anilines is 1. The number of carbonyl (C=O) groups is 1. The van der Waals surface area contributed by atoms with E-state index in [1.807, 2.05) is 62.4 Å². The first kappa shape index (κ1) is 17.3. The number of aromatic nitrogens is 1. The molecule has 1 aromatic heterocycles. The van der Waals surface area contributed by atoms with Gasteiger partial charge in [0.05, 0.1) is 0 Å². The smallest absolute Gasteiger partial charge is 0.255 e. The Bertz CT molecular complexity index is 1160. The van der Waals surface area contributed by atoms with Crippen molar-refractivity contribution in [2.45, 2.75) is 13.8 Å². The van der Waals surface area contributed by atoms with Crippen LogP contribution in [0.5, 0.6) is 0 Å². The van der Waals surface area contributed by atoms with E-state index < -0.39 is 0 Å². The fourth-order valence-electron chi connectivity index (χ4n) is 2.83. The molecule has 4 aromatic rings. The van der Waals surface area contributed by atoms with Crippen LogP contribution >= 0.6 is 11.6 Å². The summed E-state index contributed by atoms with van der Waals surface area (Å²) < 4.78 is 5.84. The van der Waals surface area contributed by atoms with Gasteiger partial charge in [-0.2, -0.15) is 0 Å². The zero-order valence-electron chi connectivity index (χ0n) is 14.9. The first-order valence-corrected chi connectivity index (χ1v) is 8.92. The average Bonchev–Trinajstić information content (AvgIpc) is 3.07. The van der Waals surface area contributed by atoms with Gasteiger partial charge in [0.25, 0.3) is 5.91 Å². The van der Waals surface area contributed by atoms with Crippen LogP contribution in [-0.4, -0.2) is 10.9 Å². The molecule has 27 heavy (non-hydrogen) atoms. The Kier molecular flexibility index (Phi) is 4.42. The maximum atomic E-state index is 12.5. The first-order valence-electron chi connectivity index (χ1n) is 8.55. The van der Waals surface area contributed by atoms with Crippen molar-refractivity contribution in [3.8, 4) is 11.5 Å². The Labute approximate surface area is 161 Å². The predicted octanol–water partition coefficient (Wildman–Crippen LogP) is 6.02. The molecule has 0 saturated heterocycles. The predicted molar refractivity (Wildman–Crippen MR) is 108 cm³/mol. The van der Waals surface area contributed by atoms with E-state index in [-0.39, 0.29) is 5.91 Å². The van der Waals surface area contributed by atoms with Gasteiger partial charge in [0.1, 0.15) is 5.52 Å². The molecule has 134 valence electrons. The molecule has 0 unspecified atom stereocenters. The lowest BCUT2D eigenvalue weighted by molar-refractivity contribution is 0.102. The van der Waals surface area contributed by atoms with Crippen molar-refractivity contribution in [1.29, 1.82) is 0 Å². The third-order valence-corrected chi connectivity index (χ3v) is 4.75. The van der Waals surface area contributed by atoms with Gasteiger partial charge in [0, 0.05) is 21.8 Å². The number of amides is 1. The van der Waals surface area contributed by atoms with Gasteiger partial charge in [0.2, 0.25) is 5.89 Å². The minimum absolute atomic E-state index is 0.220. The Balaban J connectivity index is 1.61. The second kappa shape index (κ2) is 6.89. The minimum atomic E-state index is -0.220. The maximum Gasteiger partial charge on any atom is 0.255 e. The van der Waals surface area contributed by atoms with Gasteiger partial charge in [-0.1, -0.05) is 29.8 Å². The lowest BCUT2D eigenvalue weighted by Crippen LogP contribution is -2.11. The van der Waals surface area contributed by atoms with Crippen molar-refractivity contribution >= 4 is 34.3 Å². The number of fused-ring (bicyclic) bond motifs is 1. The molecule has 0 spiro atoms. The van der Waals surface area contributed by atoms with Crippen LogP contribution < -0.4 is 5.32 Å². The Morgan fingerprint density at radius 2 is 1.89 bits per heavy atom. The summed E-state index contributed by atoms with van der Waals surface area (Å²) >= 11 is 6.12. The third kappa shape index (κ3) is 3.57. The van der Waals surface area contributed by atoms with E-state index in [9.17, 15) is 4.79 Å². The van der Waals surface area contributed by atoms with Gasteiger partial charge in [-0.05, 0) is 67.4 Å². The van der Waals surface area contributed by atoms with E-state index in [0.29, 0.717) is 22.2 Å². The summed E-state index contributed by atoms with van der Waals surface area (Å²) in [5, 5.41) is 3.46. The van der Waals surface area contributed by atoms with Gasteiger partial charge in [-0.25, -0.2) is 4.98 Å². The molecule has 0 radical (unpaired) electrons. The quantitative estimate of drug-likeness (QED) is 0.475. The second-order valence-electron chi connectivity index (χ2n) is 6.49. The van der Waals surface area contributed by atoms with Crippen LogP contribution in [0, 0.1) is 13.8 Å². The number of nitrogens with one attached hydrogen (secondary N) is 1. The van der Waals surface area contributed by atoms with Crippen molar-refractivity contribution in [2.24, 2.45) is 0 Å². The minimum Gasteiger partial charge on any atom is -0.436 e. The maximum absolute atomic E-state index is 12.5. The molecule has 3 aromatic carbocycles. The molecule has 4 nitrogen and oxygen atoms in total. The highest BCUT2D eigenvalue weighted by Gasteiger charge is 2.11. The largest absolute Gasteiger partial charge is 0.436 e. The molecular weight excluding hydrogens is 360 g/mol. The van der Waals surface area contributed by atoms with Crippen LogP contribution in [0.1, 0.15) is 21.5 Å². The van der Waals surface area contributed by atoms with Crippen LogP contribution in [0.2, 0.25) is 5.02 Å². The molecule has 0 aliphatic rings. The SMILES string of the molecule is Cc1ccc2oc(-c3cccc(NC(=O)c4ccc(C)c(Cl)c4)c3)nc2c1. The lowest BCUT2D eigenvalue weighted by atomic mass is 10.1. The monoisotopic (exact) mass is 376 g/mol. The van der Waals surface area contributed by atoms with E-state index in [1.54, 1.807) is 12.1 Å². The van der Waals surface area contributed by atoms with Crippen molar-refractivity contribution in [1.82, 2.24) is 4.98 Å². The molecule has 4 rings (SSSR count). The Morgan fingerprint density at radius 3 is 2.70 bits per heavy atom. The molecule has 0 fully saturated rings. The van der Waals surface area contributed by atoms with Crippen LogP contribution in [0.4, 0.5) is 5.69 Å². The summed E-state index contributed by atoms with van der Waals surface area (Å²) in [6.45, 7) is 3.91. The van der Waals surface area contributed by atoms with E-state index in [2.05, 4.69) is 10.3 Å². The summed E-state index contributed by atoms with van der Waals surface area (Å²) in [6, 6.07) is 18.5. The van der Waals surface area contributed by atoms with E-state index in [4.69, 9.17) is 16.0 Å². The molecule has 0 aliphatic heterocycles. The number of hydrogen-bond acceptors (Lipinski definition) is 3. The number of benzene rings is 3. The van der Waals surface area contributed by atoms with Gasteiger partial charge < -0.3 is 9.73 Å². The molecule has 0 atom stereocenters. The molecule has 1 heterocycles. The summed E-state index contributed by atoms with van der Waals surface area (Å²) in [5.41, 5.74) is 5.57. The molecule has 1 N–H and O–H groups in total. The van der Waals surface area contributed by atoms with Crippen molar-refractivity contribution in [3.63, 3.8) is 0 Å². The van der Waals surface area contributed by atoms with E-state index >= 15 is 0 Å². The lowest BCUT2D eigenvalue weighted by Gasteiger charge is -2.07. The molecule has 5 heteroatoms. The van der Waals surface area contributed by atoms with Gasteiger partial charge in [-0.15, -0.1) is 0 Å². The zero-order chi connectivity index (χ0) is 19.0. The zero-order valence-corrected chi connectivity index (χ0v) is 15.7. The fourth-order valence-corrected chi connectivity index (χ4v) is 3.01. The van der Waals surface area contributed by atoms with Crippen LogP contribution in [-0.2, 0) is 0 Å². The van der Waals surface area contributed by atoms with Crippen molar-refractivity contribution in [3.05, 3.63) is 82.4 Å². The van der Waals surface area contributed by atoms with Crippen LogP contribution in [0.3, 0.4) is 0 Å². The standard InChI is InChI=1S/C22H17ClN2O2/c1-13-6-9-20-19(10-13)25-22(27-20)16-4-3-5-17(11-16)24-21(26)15-8-7-14(2)18(23)12-15/h3-12H,1-2H3,(H,24,26). The van der Waals surface area contributed by atoms with Crippen LogP contribution in [0.15, 0.2) is 65.1 Å². The highest BCUT2D eigenvalue weighted by atomic mass is 35.5. The highest BCUT2D eigenvalue weighted by Crippen LogP contribution is 2.27. The molecule has 1 amide bonds. The Morgan fingerprint density at radius 1 is 1.04 bits per heavy atom. The van der Waals surface area contributed by atoms with E-state index in [1.165, 1.54) is 0 Å². The Hall–Kier alpha value is -3.11. The van der Waals surface area contributed by atoms with E-state index in [0.717, 1.165) is 27.8 Å². The highest BCUT2D eigenvalue weighted by molar-refractivity contribution is 6.31. The number of nitrogens with zero attached hydrogens (tertiary/aromatic N) is 1. The third-order valence-electron chi connectivity index (χ3n) is 4.34. The van der Waals surface area contributed by atoms with Crippen molar-refractivity contribution in [2.75, 3.05) is 5.32 Å². The first-order chi connectivity index (χ1) is 13.0. The van der Waals surface area contributed by atoms with Crippen molar-refractivity contribution < 1.29 is 9.21 Å². The summed E-state index contributed by atoms with van der Waals surface area (Å²) in [5.74, 6) is 0.298. The number of carbonyl (C=O) groups excluding carboxylic acids is 1. The van der Waals surface area contributed by atoms with Gasteiger partial charge in [0.15, 0.2) is 5.58 Å². The second-order valence-corrected chi connectivity index (χ2v) is 6.90. The number of oxazole rings is 1. The summed E-state index contributed by atoms with van der Waals surface area (Å²) in [4.78, 5) is 17.0. The average molecular weight is 377 g/mol. The fraction of sp³-hybridized carbons (Fsp3) is 0.0909. The summed E-state index contributed by atoms with van der Waals surface area (Å²) in [7, 11) is 0. The molecular formula is C22H17ClN2O2.